The third-order valence-corrected chi connectivity index (χ3v) is 24.0. The van der Waals surface area contributed by atoms with Gasteiger partial charge in [0.2, 0.25) is 46.7 Å². The van der Waals surface area contributed by atoms with Crippen LogP contribution in [0.1, 0.15) is 124 Å². The lowest BCUT2D eigenvalue weighted by molar-refractivity contribution is -0.133. The average molecular weight is 1880 g/mol. The summed E-state index contributed by atoms with van der Waals surface area (Å²) in [6.45, 7) is 9.35. The lowest BCUT2D eigenvalue weighted by Crippen LogP contribution is -2.12. The Morgan fingerprint density at radius 2 is 0.647 bits per heavy atom. The van der Waals surface area contributed by atoms with E-state index in [2.05, 4.69) is 165 Å². The minimum atomic E-state index is -4.47. The van der Waals surface area contributed by atoms with Crippen molar-refractivity contribution < 1.29 is 54.5 Å². The second-order valence-corrected chi connectivity index (χ2v) is 33.3. The van der Waals surface area contributed by atoms with Gasteiger partial charge in [0.25, 0.3) is 23.6 Å². The molecule has 0 N–H and O–H groups in total. The van der Waals surface area contributed by atoms with Crippen LogP contribution in [0.3, 0.4) is 0 Å². The zero-order chi connectivity index (χ0) is 95.3. The first-order valence-electron chi connectivity index (χ1n) is 45.4. The fraction of sp³-hybridized carbons (Fsp3) is 0.185. The number of halogens is 3. The van der Waals surface area contributed by atoms with Gasteiger partial charge in [0, 0.05) is 148 Å². The molecule has 0 aliphatic heterocycles. The summed E-state index contributed by atoms with van der Waals surface area (Å²) in [6.07, 6.45) is 26.7. The first-order chi connectivity index (χ1) is 68.3. The topological polar surface area (TPSA) is 339 Å². The number of ether oxygens (including phenoxy) is 3. The van der Waals surface area contributed by atoms with Gasteiger partial charge < -0.3 is 41.3 Å². The first kappa shape index (κ1) is 94.0. The van der Waals surface area contributed by atoms with Crippen LogP contribution < -0.4 is 14.2 Å². The maximum atomic E-state index is 13.5. The molecule has 2 fully saturated rings. The molecule has 22 rings (SSSR count). The Hall–Kier alpha value is -16.8. The molecular weight excluding hydrogens is 1780 g/mol. The molecule has 0 amide bonds. The van der Waals surface area contributed by atoms with Gasteiger partial charge in [-0.15, -0.1) is 11.3 Å². The summed E-state index contributed by atoms with van der Waals surface area (Å²) in [5, 5.41) is 24.2. The van der Waals surface area contributed by atoms with Crippen molar-refractivity contribution in [1.82, 2.24) is 90.7 Å². The predicted molar refractivity (Wildman–Crippen MR) is 520 cm³/mol. The zero-order valence-corrected chi connectivity index (χ0v) is 76.9. The van der Waals surface area contributed by atoms with Crippen LogP contribution >= 0.6 is 11.3 Å². The van der Waals surface area contributed by atoms with Gasteiger partial charge in [-0.2, -0.15) is 43.1 Å². The molecule has 2 aliphatic carbocycles. The quantitative estimate of drug-likeness (QED) is 0.0608. The SMILES string of the molecule is CCC1CCC(c2nc(-c3ccncc3)no2)CC1.CCOc1cc(OCC)cc(-c2nc(-c3ccncc3)no2)c1.Cc1cc(-c2ccccc2)cc(-c2nc(-c3ccncc3)no2)c1.FC(F)(F)c1sc(-c2nc(-c3ccncc3)no2)cc1-c1ccccc1.c1ccc(C2CCC(c3nc(-c4ccncc4)no3)CC2)cc1.c1ccc(Oc2cccc(-c3nc(-c4ccncc4)no3)c2)cc1. The highest BCUT2D eigenvalue weighted by Gasteiger charge is 2.38. The molecule has 0 radical (unpaired) electrons. The Morgan fingerprint density at radius 3 is 1.08 bits per heavy atom. The number of aromatic nitrogens is 18. The predicted octanol–water partition coefficient (Wildman–Crippen LogP) is 26.9. The van der Waals surface area contributed by atoms with E-state index in [1.165, 1.54) is 56.6 Å². The van der Waals surface area contributed by atoms with Crippen molar-refractivity contribution in [3.05, 3.63) is 363 Å². The highest BCUT2D eigenvalue weighted by Crippen LogP contribution is 2.47. The van der Waals surface area contributed by atoms with Crippen molar-refractivity contribution in [2.75, 3.05) is 13.2 Å². The zero-order valence-electron chi connectivity index (χ0n) is 76.1. The fourth-order valence-electron chi connectivity index (χ4n) is 15.8. The molecule has 0 saturated heterocycles. The molecule has 0 spiro atoms. The fourth-order valence-corrected chi connectivity index (χ4v) is 16.8. The van der Waals surface area contributed by atoms with E-state index >= 15 is 0 Å². The molecule has 20 aromatic rings. The Bertz CT molecular complexity index is 7140. The Labute approximate surface area is 802 Å². The molecule has 13 heterocycles. The second-order valence-electron chi connectivity index (χ2n) is 32.3. The number of benzene rings is 7. The number of rotatable bonds is 22. The number of nitrogens with zero attached hydrogens (tertiary/aromatic N) is 18. The normalized spacial score (nSPS) is 14.3. The molecule has 696 valence electrons. The number of hydrogen-bond acceptors (Lipinski definition) is 28. The maximum absolute atomic E-state index is 13.5. The summed E-state index contributed by atoms with van der Waals surface area (Å²) in [5.74, 6) is 11.5. The number of aryl methyl sites for hydroxylation is 1. The van der Waals surface area contributed by atoms with Crippen molar-refractivity contribution in [2.45, 2.75) is 109 Å². The summed E-state index contributed by atoms with van der Waals surface area (Å²) in [7, 11) is 0. The average Bonchev–Trinajstić information content (AvgIpc) is 1.63. The standard InChI is InChI=1S/C20H15N3O.C19H13N3O2.C19H19N3O.C18H10F3N3OS.C17H17N3O3.C15H19N3O/c1-14-11-17(15-5-3-2-4-6-15)13-18(12-14)20-22-19(23-24-20)16-7-9-21-10-8-16;1-2-6-16(7-3-1)23-17-8-4-5-15(13-17)19-21-18(22-24-19)14-9-11-20-12-10-14;1-2-4-14(5-3-1)15-6-8-17(9-7-15)19-21-18(22-23-19)16-10-12-20-13-11-16;19-18(20,21)15-13(11-4-2-1-3-5-11)10-14(26-15)17-23-16(24-25-17)12-6-8-22-9-7-12;1-3-21-14-9-13(10-15(11-14)22-4-2)17-19-16(20-23-17)12-5-7-18-8-6-12;1-2-11-3-5-13(6-4-11)15-17-14(18-19-15)12-7-9-16-10-8-12/h2-13H,1H3;1-13H;1-5,10-13,15,17H,6-9H2;1-10H;5-11H,3-4H2,1-2H3;7-11,13H,2-6H2,1H3. The van der Waals surface area contributed by atoms with Gasteiger partial charge in [-0.3, -0.25) is 29.9 Å². The number of pyridine rings is 6. The van der Waals surface area contributed by atoms with Gasteiger partial charge in [0.15, 0.2) is 0 Å². The van der Waals surface area contributed by atoms with Crippen molar-refractivity contribution in [1.29, 1.82) is 0 Å². The van der Waals surface area contributed by atoms with Crippen LogP contribution in [-0.2, 0) is 6.18 Å². The van der Waals surface area contributed by atoms with E-state index in [4.69, 9.17) is 41.3 Å². The van der Waals surface area contributed by atoms with Crippen molar-refractivity contribution in [2.24, 2.45) is 5.92 Å². The molecule has 31 heteroatoms. The van der Waals surface area contributed by atoms with Gasteiger partial charge >= 0.3 is 6.18 Å². The summed E-state index contributed by atoms with van der Waals surface area (Å²) in [6, 6.07) is 82.0. The van der Waals surface area contributed by atoms with E-state index in [1.807, 2.05) is 166 Å². The second kappa shape index (κ2) is 46.4. The minimum Gasteiger partial charge on any atom is -0.494 e. The largest absolute Gasteiger partial charge is 0.494 e. The summed E-state index contributed by atoms with van der Waals surface area (Å²) in [4.78, 5) is 50.2. The van der Waals surface area contributed by atoms with E-state index in [9.17, 15) is 13.2 Å². The number of thiophene rings is 1. The van der Waals surface area contributed by atoms with Gasteiger partial charge in [-0.05, 0) is 245 Å². The lowest BCUT2D eigenvalue weighted by Gasteiger charge is -2.26. The van der Waals surface area contributed by atoms with Crippen LogP contribution in [0.5, 0.6) is 23.0 Å². The Balaban J connectivity index is 0.000000115. The molecule has 139 heavy (non-hydrogen) atoms. The van der Waals surface area contributed by atoms with Gasteiger partial charge in [-0.25, -0.2) is 0 Å². The van der Waals surface area contributed by atoms with Crippen LogP contribution in [0, 0.1) is 12.8 Å². The molecule has 0 atom stereocenters. The van der Waals surface area contributed by atoms with Crippen molar-refractivity contribution in [3.8, 4) is 159 Å². The number of alkyl halides is 3. The molecular formula is C108H93F3N18O9S. The molecule has 7 aromatic carbocycles. The monoisotopic (exact) mass is 1870 g/mol. The lowest BCUT2D eigenvalue weighted by atomic mass is 9.78. The van der Waals surface area contributed by atoms with Crippen molar-refractivity contribution in [3.63, 3.8) is 0 Å². The molecule has 13 aromatic heterocycles. The van der Waals surface area contributed by atoms with Crippen LogP contribution in [0.2, 0.25) is 0 Å². The molecule has 2 saturated carbocycles. The first-order valence-corrected chi connectivity index (χ1v) is 46.3. The summed E-state index contributed by atoms with van der Waals surface area (Å²) >= 11 is 0.589. The van der Waals surface area contributed by atoms with E-state index in [0.29, 0.717) is 123 Å². The number of para-hydroxylation sites is 1. The van der Waals surface area contributed by atoms with Gasteiger partial charge in [0.05, 0.1) is 18.1 Å². The van der Waals surface area contributed by atoms with Crippen LogP contribution in [0.4, 0.5) is 13.2 Å². The smallest absolute Gasteiger partial charge is 0.426 e. The molecule has 0 bridgehead atoms. The van der Waals surface area contributed by atoms with Gasteiger partial charge in [0.1, 0.15) is 27.9 Å². The van der Waals surface area contributed by atoms with E-state index in [0.717, 1.165) is 97.5 Å². The highest BCUT2D eigenvalue weighted by atomic mass is 32.1. The molecule has 2 aliphatic rings. The van der Waals surface area contributed by atoms with E-state index < -0.39 is 11.1 Å². The number of hydrogen-bond donors (Lipinski definition) is 0. The van der Waals surface area contributed by atoms with Crippen molar-refractivity contribution >= 4 is 11.3 Å². The summed E-state index contributed by atoms with van der Waals surface area (Å²) < 4.78 is 89.7. The molecule has 27 nitrogen and oxygen atoms in total. The van der Waals surface area contributed by atoms with Crippen LogP contribution in [-0.4, -0.2) is 104 Å². The summed E-state index contributed by atoms with van der Waals surface area (Å²) in [5.41, 5.74) is 13.1. The maximum Gasteiger partial charge on any atom is 0.426 e. The third-order valence-electron chi connectivity index (χ3n) is 22.9. The Morgan fingerprint density at radius 1 is 0.302 bits per heavy atom. The third kappa shape index (κ3) is 25.2. The Kier molecular flexibility index (Phi) is 31.4. The van der Waals surface area contributed by atoms with E-state index in [1.54, 1.807) is 117 Å². The van der Waals surface area contributed by atoms with Crippen LogP contribution in [0.15, 0.2) is 362 Å². The van der Waals surface area contributed by atoms with E-state index in [-0.39, 0.29) is 16.3 Å². The molecule has 0 unspecified atom stereocenters. The minimum absolute atomic E-state index is 0.0505. The van der Waals surface area contributed by atoms with Gasteiger partial charge in [-0.1, -0.05) is 166 Å². The van der Waals surface area contributed by atoms with Crippen LogP contribution in [0.25, 0.3) is 136 Å². The highest BCUT2D eigenvalue weighted by molar-refractivity contribution is 7.16.